The van der Waals surface area contributed by atoms with E-state index in [0.29, 0.717) is 0 Å². The summed E-state index contributed by atoms with van der Waals surface area (Å²) in [5, 5.41) is 0. The molecule has 0 saturated carbocycles. The molecule has 0 unspecified atom stereocenters. The van der Waals surface area contributed by atoms with E-state index in [1.807, 2.05) is 7.05 Å². The molecule has 3 heterocycles. The molecule has 1 spiro atoms. The summed E-state index contributed by atoms with van der Waals surface area (Å²) in [6, 6.07) is 0. The smallest absolute Gasteiger partial charge is 0.239 e. The Labute approximate surface area is 100 Å². The Bertz CT molecular complexity index is 465. The summed E-state index contributed by atoms with van der Waals surface area (Å²) in [6.07, 6.45) is 5.01. The lowest BCUT2D eigenvalue weighted by molar-refractivity contribution is -0.124. The number of carbonyl (C=O) groups is 1. The van der Waals surface area contributed by atoms with Gasteiger partial charge in [0.05, 0.1) is 23.0 Å². The van der Waals surface area contributed by atoms with Crippen LogP contribution >= 0.6 is 0 Å². The maximum absolute atomic E-state index is 12.5. The molecule has 1 aromatic rings. The molecular weight excluding hydrogens is 216 g/mol. The molecule has 90 valence electrons. The molecule has 0 atom stereocenters. The zero-order valence-corrected chi connectivity index (χ0v) is 10.2. The fraction of sp³-hybridized carbons (Fsp3) is 0.583. The number of fused-ring (bicyclic) bond motifs is 2. The van der Waals surface area contributed by atoms with E-state index in [0.717, 1.165) is 37.3 Å². The number of anilines is 1. The monoisotopic (exact) mass is 232 g/mol. The van der Waals surface area contributed by atoms with Crippen molar-refractivity contribution in [2.45, 2.75) is 18.3 Å². The fourth-order valence-corrected chi connectivity index (χ4v) is 2.92. The summed E-state index contributed by atoms with van der Waals surface area (Å²) >= 11 is 0. The largest absolute Gasteiger partial charge is 0.312 e. The zero-order valence-electron chi connectivity index (χ0n) is 10.2. The molecule has 0 aliphatic carbocycles. The summed E-state index contributed by atoms with van der Waals surface area (Å²) in [7, 11) is 3.91. The molecule has 1 aromatic heterocycles. The lowest BCUT2D eigenvalue weighted by Crippen LogP contribution is -2.47. The van der Waals surface area contributed by atoms with Crippen LogP contribution in [0.15, 0.2) is 12.5 Å². The van der Waals surface area contributed by atoms with Gasteiger partial charge in [0.25, 0.3) is 0 Å². The van der Waals surface area contributed by atoms with Crippen LogP contribution in [-0.2, 0) is 10.2 Å². The SMILES string of the molecule is CN1CCC2(CC1)C(=O)N(C)c1cncnc12. The fourth-order valence-electron chi connectivity index (χ4n) is 2.92. The van der Waals surface area contributed by atoms with Crippen molar-refractivity contribution in [3.63, 3.8) is 0 Å². The van der Waals surface area contributed by atoms with Gasteiger partial charge in [-0.05, 0) is 33.0 Å². The molecule has 0 bridgehead atoms. The number of hydrogen-bond donors (Lipinski definition) is 0. The van der Waals surface area contributed by atoms with E-state index < -0.39 is 0 Å². The highest BCUT2D eigenvalue weighted by molar-refractivity contribution is 6.07. The quantitative estimate of drug-likeness (QED) is 0.650. The molecule has 0 aromatic carbocycles. The van der Waals surface area contributed by atoms with Crippen molar-refractivity contribution >= 4 is 11.6 Å². The lowest BCUT2D eigenvalue weighted by atomic mass is 9.76. The van der Waals surface area contributed by atoms with Crippen molar-refractivity contribution in [3.05, 3.63) is 18.2 Å². The Hall–Kier alpha value is -1.49. The van der Waals surface area contributed by atoms with Gasteiger partial charge in [0.1, 0.15) is 6.33 Å². The van der Waals surface area contributed by atoms with E-state index in [2.05, 4.69) is 21.9 Å². The van der Waals surface area contributed by atoms with E-state index in [1.165, 1.54) is 0 Å². The van der Waals surface area contributed by atoms with Gasteiger partial charge in [0, 0.05) is 7.05 Å². The van der Waals surface area contributed by atoms with Crippen LogP contribution in [-0.4, -0.2) is 48.0 Å². The van der Waals surface area contributed by atoms with Gasteiger partial charge in [-0.1, -0.05) is 0 Å². The minimum absolute atomic E-state index is 0.182. The number of aromatic nitrogens is 2. The molecule has 5 nitrogen and oxygen atoms in total. The first kappa shape index (κ1) is 10.7. The predicted molar refractivity (Wildman–Crippen MR) is 63.9 cm³/mol. The predicted octanol–water partition coefficient (Wildman–Crippen LogP) is 0.416. The number of hydrogen-bond acceptors (Lipinski definition) is 4. The van der Waals surface area contributed by atoms with Gasteiger partial charge in [-0.15, -0.1) is 0 Å². The summed E-state index contributed by atoms with van der Waals surface area (Å²) in [6.45, 7) is 1.89. The van der Waals surface area contributed by atoms with Crippen molar-refractivity contribution in [2.75, 3.05) is 32.1 Å². The third-order valence-electron chi connectivity index (χ3n) is 4.06. The number of likely N-dealkylation sites (tertiary alicyclic amines) is 1. The number of amides is 1. The lowest BCUT2D eigenvalue weighted by Gasteiger charge is -2.35. The maximum Gasteiger partial charge on any atom is 0.239 e. The van der Waals surface area contributed by atoms with Gasteiger partial charge >= 0.3 is 0 Å². The van der Waals surface area contributed by atoms with Gasteiger partial charge in [0.15, 0.2) is 0 Å². The van der Waals surface area contributed by atoms with Gasteiger partial charge in [-0.2, -0.15) is 0 Å². The van der Waals surface area contributed by atoms with E-state index >= 15 is 0 Å². The van der Waals surface area contributed by atoms with Gasteiger partial charge in [-0.25, -0.2) is 9.97 Å². The molecule has 1 saturated heterocycles. The average Bonchev–Trinajstić information content (AvgIpc) is 2.57. The first-order valence-electron chi connectivity index (χ1n) is 5.92. The van der Waals surface area contributed by atoms with Crippen LogP contribution in [0.25, 0.3) is 0 Å². The third-order valence-corrected chi connectivity index (χ3v) is 4.06. The van der Waals surface area contributed by atoms with Crippen LogP contribution in [0.4, 0.5) is 5.69 Å². The zero-order chi connectivity index (χ0) is 12.0. The Morgan fingerprint density at radius 1 is 1.29 bits per heavy atom. The average molecular weight is 232 g/mol. The highest BCUT2D eigenvalue weighted by Crippen LogP contribution is 2.45. The van der Waals surface area contributed by atoms with Crippen LogP contribution < -0.4 is 4.90 Å². The van der Waals surface area contributed by atoms with E-state index in [-0.39, 0.29) is 11.3 Å². The van der Waals surface area contributed by atoms with Crippen LogP contribution in [0.2, 0.25) is 0 Å². The number of nitrogens with zero attached hydrogens (tertiary/aromatic N) is 4. The van der Waals surface area contributed by atoms with Crippen LogP contribution in [0, 0.1) is 0 Å². The second-order valence-electron chi connectivity index (χ2n) is 5.01. The van der Waals surface area contributed by atoms with Gasteiger partial charge in [0.2, 0.25) is 5.91 Å². The molecule has 0 radical (unpaired) electrons. The second kappa shape index (κ2) is 3.50. The molecule has 3 rings (SSSR count). The minimum atomic E-state index is -0.389. The number of piperidine rings is 1. The second-order valence-corrected chi connectivity index (χ2v) is 5.01. The van der Waals surface area contributed by atoms with Gasteiger partial charge in [-0.3, -0.25) is 4.79 Å². The molecule has 1 amide bonds. The highest BCUT2D eigenvalue weighted by Gasteiger charge is 2.52. The summed E-state index contributed by atoms with van der Waals surface area (Å²) in [5.41, 5.74) is 1.41. The summed E-state index contributed by atoms with van der Waals surface area (Å²) in [4.78, 5) is 24.8. The first-order valence-corrected chi connectivity index (χ1v) is 5.92. The van der Waals surface area contributed by atoms with Crippen molar-refractivity contribution in [3.8, 4) is 0 Å². The Kier molecular flexibility index (Phi) is 2.19. The van der Waals surface area contributed by atoms with E-state index in [9.17, 15) is 4.79 Å². The van der Waals surface area contributed by atoms with Gasteiger partial charge < -0.3 is 9.80 Å². The Balaban J connectivity index is 2.09. The number of carbonyl (C=O) groups excluding carboxylic acids is 1. The number of likely N-dealkylation sites (N-methyl/N-ethyl adjacent to an activating group) is 1. The molecule has 0 N–H and O–H groups in total. The Morgan fingerprint density at radius 3 is 2.71 bits per heavy atom. The van der Waals surface area contributed by atoms with E-state index in [4.69, 9.17) is 0 Å². The minimum Gasteiger partial charge on any atom is -0.312 e. The van der Waals surface area contributed by atoms with Crippen LogP contribution in [0.5, 0.6) is 0 Å². The standard InChI is InChI=1S/C12H16N4O/c1-15-5-3-12(4-6-15)10-9(7-13-8-14-10)16(2)11(12)17/h7-8H,3-6H2,1-2H3. The van der Waals surface area contributed by atoms with Crippen LogP contribution in [0.1, 0.15) is 18.5 Å². The topological polar surface area (TPSA) is 49.3 Å². The van der Waals surface area contributed by atoms with Crippen molar-refractivity contribution in [1.82, 2.24) is 14.9 Å². The molecule has 17 heavy (non-hydrogen) atoms. The van der Waals surface area contributed by atoms with E-state index in [1.54, 1.807) is 17.4 Å². The van der Waals surface area contributed by atoms with Crippen molar-refractivity contribution in [1.29, 1.82) is 0 Å². The van der Waals surface area contributed by atoms with Crippen molar-refractivity contribution < 1.29 is 4.79 Å². The number of rotatable bonds is 0. The molecule has 2 aliphatic heterocycles. The van der Waals surface area contributed by atoms with Crippen molar-refractivity contribution in [2.24, 2.45) is 0 Å². The summed E-state index contributed by atoms with van der Waals surface area (Å²) in [5.74, 6) is 0.182. The maximum atomic E-state index is 12.5. The normalized spacial score (nSPS) is 23.2. The molecular formula is C12H16N4O. The Morgan fingerprint density at radius 2 is 2.00 bits per heavy atom. The molecule has 1 fully saturated rings. The molecule has 2 aliphatic rings. The summed E-state index contributed by atoms with van der Waals surface area (Å²) < 4.78 is 0. The van der Waals surface area contributed by atoms with Crippen LogP contribution in [0.3, 0.4) is 0 Å². The highest BCUT2D eigenvalue weighted by atomic mass is 16.2. The third kappa shape index (κ3) is 1.32. The molecule has 5 heteroatoms. The first-order chi connectivity index (χ1) is 8.15.